The third-order valence-corrected chi connectivity index (χ3v) is 3.90. The molecular formula is C15H9Cl2N3O2S. The van der Waals surface area contributed by atoms with Crippen LogP contribution in [0.1, 0.15) is 11.1 Å². The van der Waals surface area contributed by atoms with Gasteiger partial charge in [-0.25, -0.2) is 0 Å². The Balaban J connectivity index is 2.21. The molecule has 0 aliphatic carbocycles. The minimum Gasteiger partial charge on any atom is -0.343 e. The molecule has 0 fully saturated rings. The molecular weight excluding hydrogens is 357 g/mol. The van der Waals surface area contributed by atoms with E-state index in [4.69, 9.17) is 40.7 Å². The first-order valence-electron chi connectivity index (χ1n) is 6.33. The van der Waals surface area contributed by atoms with Gasteiger partial charge in [-0.05, 0) is 23.8 Å². The van der Waals surface area contributed by atoms with Gasteiger partial charge in [0.2, 0.25) is 0 Å². The minimum absolute atomic E-state index is 0.147. The van der Waals surface area contributed by atoms with Crippen LogP contribution in [0.4, 0.5) is 11.4 Å². The monoisotopic (exact) mass is 365 g/mol. The van der Waals surface area contributed by atoms with Gasteiger partial charge in [0.05, 0.1) is 26.6 Å². The lowest BCUT2D eigenvalue weighted by atomic mass is 10.1. The molecule has 0 spiro atoms. The summed E-state index contributed by atoms with van der Waals surface area (Å²) in [6.45, 7) is 0. The molecule has 23 heavy (non-hydrogen) atoms. The quantitative estimate of drug-likeness (QED) is 0.480. The number of nitrogens with zero attached hydrogens (tertiary/aromatic N) is 2. The van der Waals surface area contributed by atoms with E-state index in [9.17, 15) is 10.1 Å². The van der Waals surface area contributed by atoms with Gasteiger partial charge >= 0.3 is 0 Å². The average Bonchev–Trinajstić information content (AvgIpc) is 2.51. The average molecular weight is 366 g/mol. The molecule has 0 amide bonds. The zero-order valence-electron chi connectivity index (χ0n) is 11.5. The van der Waals surface area contributed by atoms with Gasteiger partial charge in [-0.3, -0.25) is 10.1 Å². The van der Waals surface area contributed by atoms with Gasteiger partial charge in [-0.15, -0.1) is 0 Å². The van der Waals surface area contributed by atoms with Gasteiger partial charge in [0.25, 0.3) is 5.69 Å². The fraction of sp³-hybridized carbons (Fsp3) is 0.0667. The van der Waals surface area contributed by atoms with Gasteiger partial charge in [0, 0.05) is 17.5 Å². The van der Waals surface area contributed by atoms with E-state index >= 15 is 0 Å². The number of hydrogen-bond acceptors (Lipinski definition) is 4. The number of hydrogen-bond donors (Lipinski definition) is 1. The van der Waals surface area contributed by atoms with Crippen molar-refractivity contribution in [2.45, 2.75) is 6.42 Å². The van der Waals surface area contributed by atoms with Crippen LogP contribution in [-0.2, 0) is 6.42 Å². The lowest BCUT2D eigenvalue weighted by Crippen LogP contribution is -2.14. The van der Waals surface area contributed by atoms with Gasteiger partial charge < -0.3 is 5.32 Å². The zero-order chi connectivity index (χ0) is 17.0. The van der Waals surface area contributed by atoms with E-state index in [0.717, 1.165) is 0 Å². The van der Waals surface area contributed by atoms with Crippen LogP contribution in [0, 0.1) is 21.4 Å². The van der Waals surface area contributed by atoms with Crippen LogP contribution in [-0.4, -0.2) is 9.91 Å². The highest BCUT2D eigenvalue weighted by Gasteiger charge is 2.18. The number of halogens is 2. The van der Waals surface area contributed by atoms with E-state index in [-0.39, 0.29) is 22.8 Å². The van der Waals surface area contributed by atoms with Gasteiger partial charge in [-0.1, -0.05) is 47.6 Å². The molecule has 2 aromatic carbocycles. The summed E-state index contributed by atoms with van der Waals surface area (Å²) in [5.74, 6) is 0. The second kappa shape index (κ2) is 7.38. The number of para-hydroxylation sites is 1. The number of anilines is 1. The van der Waals surface area contributed by atoms with E-state index in [0.29, 0.717) is 21.1 Å². The summed E-state index contributed by atoms with van der Waals surface area (Å²) in [4.78, 5) is 10.8. The first-order valence-corrected chi connectivity index (χ1v) is 7.50. The van der Waals surface area contributed by atoms with Crippen LogP contribution in [0.3, 0.4) is 0 Å². The van der Waals surface area contributed by atoms with Crippen LogP contribution in [0.2, 0.25) is 10.0 Å². The van der Waals surface area contributed by atoms with E-state index in [2.05, 4.69) is 5.32 Å². The van der Waals surface area contributed by atoms with Crippen LogP contribution in [0.15, 0.2) is 36.4 Å². The molecule has 5 nitrogen and oxygen atoms in total. The first-order chi connectivity index (χ1) is 10.9. The molecule has 1 N–H and O–H groups in total. The molecule has 0 aliphatic rings. The molecule has 0 heterocycles. The van der Waals surface area contributed by atoms with Gasteiger partial charge in [-0.2, -0.15) is 5.26 Å². The summed E-state index contributed by atoms with van der Waals surface area (Å²) in [5, 5.41) is 23.3. The Bertz CT molecular complexity index is 834. The molecule has 116 valence electrons. The number of nitro groups is 1. The topological polar surface area (TPSA) is 79.0 Å². The summed E-state index contributed by atoms with van der Waals surface area (Å²) >= 11 is 17.3. The lowest BCUT2D eigenvalue weighted by Gasteiger charge is -2.11. The standard InChI is InChI=1S/C15H9Cl2N3O2S/c16-11-2-1-3-13(20(21)22)15(11)19-14(23)7-10-5-4-9(8-18)6-12(10)17/h1-6H,7H2,(H,19,23). The predicted octanol–water partition coefficient (Wildman–Crippen LogP) is 4.76. The number of nitrogens with one attached hydrogen (secondary N) is 1. The van der Waals surface area contributed by atoms with Crippen molar-refractivity contribution in [1.82, 2.24) is 0 Å². The molecule has 0 atom stereocenters. The SMILES string of the molecule is N#Cc1ccc(CC(=S)Nc2c(Cl)cccc2[N+](=O)[O-])c(Cl)c1. The predicted molar refractivity (Wildman–Crippen MR) is 94.2 cm³/mol. The largest absolute Gasteiger partial charge is 0.343 e. The summed E-state index contributed by atoms with van der Waals surface area (Å²) in [6, 6.07) is 11.2. The normalized spacial score (nSPS) is 9.96. The Kier molecular flexibility index (Phi) is 5.50. The molecule has 0 saturated heterocycles. The molecule has 2 aromatic rings. The van der Waals surface area contributed by atoms with E-state index in [1.54, 1.807) is 12.1 Å². The zero-order valence-corrected chi connectivity index (χ0v) is 13.9. The van der Waals surface area contributed by atoms with Crippen molar-refractivity contribution in [2.75, 3.05) is 5.32 Å². The molecule has 8 heteroatoms. The number of nitro benzene ring substituents is 1. The van der Waals surface area contributed by atoms with Crippen LogP contribution < -0.4 is 5.32 Å². The van der Waals surface area contributed by atoms with Gasteiger partial charge in [0.1, 0.15) is 5.69 Å². The number of benzene rings is 2. The Morgan fingerprint density at radius 2 is 2.04 bits per heavy atom. The molecule has 0 bridgehead atoms. The highest BCUT2D eigenvalue weighted by atomic mass is 35.5. The second-order valence-electron chi connectivity index (χ2n) is 4.53. The molecule has 0 radical (unpaired) electrons. The van der Waals surface area contributed by atoms with Crippen molar-refractivity contribution in [3.8, 4) is 6.07 Å². The van der Waals surface area contributed by atoms with E-state index < -0.39 is 4.92 Å². The minimum atomic E-state index is -0.536. The summed E-state index contributed by atoms with van der Waals surface area (Å²) in [6.07, 6.45) is 0.266. The van der Waals surface area contributed by atoms with Crippen molar-refractivity contribution < 1.29 is 4.92 Å². The lowest BCUT2D eigenvalue weighted by molar-refractivity contribution is -0.383. The summed E-state index contributed by atoms with van der Waals surface area (Å²) in [7, 11) is 0. The Labute approximate surface area is 147 Å². The van der Waals surface area contributed by atoms with Crippen molar-refractivity contribution in [3.63, 3.8) is 0 Å². The maximum absolute atomic E-state index is 11.1. The molecule has 0 unspecified atom stereocenters. The number of rotatable bonds is 4. The molecule has 2 rings (SSSR count). The smallest absolute Gasteiger partial charge is 0.294 e. The van der Waals surface area contributed by atoms with Crippen molar-refractivity contribution in [2.24, 2.45) is 0 Å². The third-order valence-electron chi connectivity index (χ3n) is 2.99. The maximum Gasteiger partial charge on any atom is 0.294 e. The number of thiocarbonyl (C=S) groups is 1. The van der Waals surface area contributed by atoms with E-state index in [1.165, 1.54) is 24.3 Å². The second-order valence-corrected chi connectivity index (χ2v) is 5.84. The molecule has 0 aliphatic heterocycles. The summed E-state index contributed by atoms with van der Waals surface area (Å²) < 4.78 is 0. The summed E-state index contributed by atoms with van der Waals surface area (Å²) in [5.41, 5.74) is 1.14. The highest BCUT2D eigenvalue weighted by molar-refractivity contribution is 7.80. The molecule has 0 saturated carbocycles. The first kappa shape index (κ1) is 17.2. The van der Waals surface area contributed by atoms with Crippen molar-refractivity contribution in [1.29, 1.82) is 5.26 Å². The van der Waals surface area contributed by atoms with Gasteiger partial charge in [0.15, 0.2) is 0 Å². The van der Waals surface area contributed by atoms with Crippen LogP contribution in [0.25, 0.3) is 0 Å². The van der Waals surface area contributed by atoms with Crippen LogP contribution >= 0.6 is 35.4 Å². The van der Waals surface area contributed by atoms with E-state index in [1.807, 2.05) is 6.07 Å². The Morgan fingerprint density at radius 3 is 2.65 bits per heavy atom. The third kappa shape index (κ3) is 4.17. The van der Waals surface area contributed by atoms with Crippen molar-refractivity contribution in [3.05, 3.63) is 67.7 Å². The fourth-order valence-corrected chi connectivity index (χ4v) is 2.63. The number of nitriles is 1. The Morgan fingerprint density at radius 1 is 1.30 bits per heavy atom. The fourth-order valence-electron chi connectivity index (χ4n) is 1.91. The van der Waals surface area contributed by atoms with Crippen molar-refractivity contribution >= 4 is 51.8 Å². The maximum atomic E-state index is 11.1. The highest BCUT2D eigenvalue weighted by Crippen LogP contribution is 2.32. The van der Waals surface area contributed by atoms with Crippen LogP contribution in [0.5, 0.6) is 0 Å². The Hall–Kier alpha value is -2.20. The molecule has 0 aromatic heterocycles.